The molecule has 1 heterocycles. The van der Waals surface area contributed by atoms with E-state index in [9.17, 15) is 18.0 Å². The van der Waals surface area contributed by atoms with Gasteiger partial charge in [0.15, 0.2) is 0 Å². The highest BCUT2D eigenvalue weighted by Gasteiger charge is 2.31. The molecule has 1 unspecified atom stereocenters. The van der Waals surface area contributed by atoms with Gasteiger partial charge in [-0.3, -0.25) is 4.79 Å². The summed E-state index contributed by atoms with van der Waals surface area (Å²) in [6.45, 7) is 1.23. The van der Waals surface area contributed by atoms with Crippen molar-refractivity contribution in [2.45, 2.75) is 31.5 Å². The van der Waals surface area contributed by atoms with E-state index >= 15 is 0 Å². The highest BCUT2D eigenvalue weighted by atomic mass is 32.2. The lowest BCUT2D eigenvalue weighted by atomic mass is 10.1. The van der Waals surface area contributed by atoms with Crippen LogP contribution >= 0.6 is 11.8 Å². The average molecular weight is 386 g/mol. The number of alkyl halides is 3. The molecule has 1 amide bonds. The number of thioether (sulfide) groups is 1. The lowest BCUT2D eigenvalue weighted by Crippen LogP contribution is -2.42. The largest absolute Gasteiger partial charge is 0.416 e. The molecule has 0 aliphatic carbocycles. The maximum absolute atomic E-state index is 12.7. The number of nitrogens with two attached hydrogens (primary N) is 1. The van der Waals surface area contributed by atoms with Crippen molar-refractivity contribution in [2.75, 3.05) is 30.0 Å². The third kappa shape index (κ3) is 5.54. The second-order valence-corrected chi connectivity index (χ2v) is 7.11. The predicted octanol–water partition coefficient (Wildman–Crippen LogP) is 3.02. The first-order valence-electron chi connectivity index (χ1n) is 8.30. The summed E-state index contributed by atoms with van der Waals surface area (Å²) in [6, 6.07) is 4.31. The molecule has 1 aromatic carbocycles. The fourth-order valence-electron chi connectivity index (χ4n) is 2.63. The van der Waals surface area contributed by atoms with Crippen LogP contribution < -0.4 is 11.1 Å². The molecular weight excluding hydrogens is 365 g/mol. The smallest absolute Gasteiger partial charge is 0.384 e. The Labute approximate surface area is 154 Å². The van der Waals surface area contributed by atoms with E-state index in [4.69, 9.17) is 11.0 Å². The Hall–Kier alpha value is -1.92. The van der Waals surface area contributed by atoms with Gasteiger partial charge < -0.3 is 16.0 Å². The number of benzene rings is 1. The normalized spacial score (nSPS) is 15.6. The van der Waals surface area contributed by atoms with Crippen molar-refractivity contribution in [1.29, 1.82) is 5.26 Å². The SMILES string of the molecule is N#Cc1cc(C(F)(F)F)ccc1NCCCCC(N)C(=O)N1CCSC1. The highest BCUT2D eigenvalue weighted by Crippen LogP contribution is 2.31. The second kappa shape index (κ2) is 9.14. The van der Waals surface area contributed by atoms with Crippen LogP contribution in [0.4, 0.5) is 18.9 Å². The van der Waals surface area contributed by atoms with Gasteiger partial charge in [-0.25, -0.2) is 0 Å². The number of nitriles is 1. The van der Waals surface area contributed by atoms with Crippen LogP contribution in [0.3, 0.4) is 0 Å². The molecule has 0 saturated carbocycles. The molecule has 26 heavy (non-hydrogen) atoms. The number of carbonyl (C=O) groups excluding carboxylic acids is 1. The molecule has 1 fully saturated rings. The second-order valence-electron chi connectivity index (χ2n) is 6.04. The Morgan fingerprint density at radius 1 is 1.42 bits per heavy atom. The number of hydrogen-bond donors (Lipinski definition) is 2. The summed E-state index contributed by atoms with van der Waals surface area (Å²) >= 11 is 1.71. The monoisotopic (exact) mass is 386 g/mol. The van der Waals surface area contributed by atoms with Gasteiger partial charge >= 0.3 is 6.18 Å². The van der Waals surface area contributed by atoms with E-state index in [1.165, 1.54) is 6.07 Å². The number of nitrogens with zero attached hydrogens (tertiary/aromatic N) is 2. The summed E-state index contributed by atoms with van der Waals surface area (Å²) in [6.07, 6.45) is -2.51. The number of halogens is 3. The van der Waals surface area contributed by atoms with Crippen LogP contribution in [0.2, 0.25) is 0 Å². The van der Waals surface area contributed by atoms with Gasteiger partial charge in [0, 0.05) is 18.8 Å². The predicted molar refractivity (Wildman–Crippen MR) is 95.5 cm³/mol. The van der Waals surface area contributed by atoms with Crippen molar-refractivity contribution in [2.24, 2.45) is 5.73 Å². The van der Waals surface area contributed by atoms with Crippen LogP contribution in [0.25, 0.3) is 0 Å². The van der Waals surface area contributed by atoms with Crippen LogP contribution in [0.1, 0.15) is 30.4 Å². The molecule has 1 atom stereocenters. The third-order valence-corrected chi connectivity index (χ3v) is 5.07. The van der Waals surface area contributed by atoms with Gasteiger partial charge in [0.25, 0.3) is 0 Å². The van der Waals surface area contributed by atoms with Gasteiger partial charge in [-0.1, -0.05) is 0 Å². The van der Waals surface area contributed by atoms with Gasteiger partial charge in [-0.15, -0.1) is 11.8 Å². The fraction of sp³-hybridized carbons (Fsp3) is 0.529. The highest BCUT2D eigenvalue weighted by molar-refractivity contribution is 7.99. The van der Waals surface area contributed by atoms with Crippen LogP contribution in [0.15, 0.2) is 18.2 Å². The van der Waals surface area contributed by atoms with Crippen molar-refractivity contribution in [3.63, 3.8) is 0 Å². The lowest BCUT2D eigenvalue weighted by Gasteiger charge is -2.19. The summed E-state index contributed by atoms with van der Waals surface area (Å²) in [7, 11) is 0. The minimum absolute atomic E-state index is 0.0301. The Morgan fingerprint density at radius 2 is 2.19 bits per heavy atom. The Kier molecular flexibility index (Phi) is 7.17. The lowest BCUT2D eigenvalue weighted by molar-refractivity contribution is -0.137. The minimum atomic E-state index is -4.47. The van der Waals surface area contributed by atoms with Crippen molar-refractivity contribution in [3.05, 3.63) is 29.3 Å². The minimum Gasteiger partial charge on any atom is -0.384 e. The third-order valence-electron chi connectivity index (χ3n) is 4.11. The molecule has 3 N–H and O–H groups in total. The Balaban J connectivity index is 1.76. The number of carbonyl (C=O) groups is 1. The Bertz CT molecular complexity index is 669. The first-order chi connectivity index (χ1) is 12.3. The molecule has 1 aromatic rings. The molecule has 2 rings (SSSR count). The maximum atomic E-state index is 12.7. The number of hydrogen-bond acceptors (Lipinski definition) is 5. The Morgan fingerprint density at radius 3 is 2.81 bits per heavy atom. The van der Waals surface area contributed by atoms with E-state index in [1.807, 2.05) is 0 Å². The van der Waals surface area contributed by atoms with Crippen LogP contribution in [-0.2, 0) is 11.0 Å². The number of rotatable bonds is 7. The molecule has 9 heteroatoms. The van der Waals surface area contributed by atoms with Crippen LogP contribution in [0.5, 0.6) is 0 Å². The maximum Gasteiger partial charge on any atom is 0.416 e. The molecule has 1 aliphatic heterocycles. The van der Waals surface area contributed by atoms with Gasteiger partial charge in [-0.05, 0) is 37.5 Å². The first-order valence-corrected chi connectivity index (χ1v) is 9.45. The van der Waals surface area contributed by atoms with Crippen molar-refractivity contribution in [1.82, 2.24) is 4.90 Å². The molecule has 0 aromatic heterocycles. The summed E-state index contributed by atoms with van der Waals surface area (Å²) in [5, 5.41) is 12.0. The quantitative estimate of drug-likeness (QED) is 0.704. The van der Waals surface area contributed by atoms with E-state index < -0.39 is 17.8 Å². The zero-order chi connectivity index (χ0) is 19.2. The molecule has 5 nitrogen and oxygen atoms in total. The zero-order valence-electron chi connectivity index (χ0n) is 14.2. The molecule has 0 spiro atoms. The molecule has 142 valence electrons. The van der Waals surface area contributed by atoms with Gasteiger partial charge in [0.2, 0.25) is 5.91 Å². The van der Waals surface area contributed by atoms with E-state index in [-0.39, 0.29) is 11.5 Å². The topological polar surface area (TPSA) is 82.1 Å². The molecule has 1 saturated heterocycles. The number of nitrogens with one attached hydrogen (secondary N) is 1. The summed E-state index contributed by atoms with van der Waals surface area (Å²) in [5.41, 5.74) is 5.41. The van der Waals surface area contributed by atoms with Gasteiger partial charge in [-0.2, -0.15) is 18.4 Å². The summed E-state index contributed by atoms with van der Waals surface area (Å²) in [5.74, 6) is 1.60. The fourth-order valence-corrected chi connectivity index (χ4v) is 3.58. The van der Waals surface area contributed by atoms with Crippen LogP contribution in [-0.4, -0.2) is 41.6 Å². The first kappa shape index (κ1) is 20.4. The van der Waals surface area contributed by atoms with E-state index in [0.29, 0.717) is 37.4 Å². The van der Waals surface area contributed by atoms with Gasteiger partial charge in [0.05, 0.1) is 28.7 Å². The van der Waals surface area contributed by atoms with Crippen LogP contribution in [0, 0.1) is 11.3 Å². The van der Waals surface area contributed by atoms with Crippen molar-refractivity contribution >= 4 is 23.4 Å². The molecule has 0 radical (unpaired) electrons. The number of amides is 1. The number of unbranched alkanes of at least 4 members (excludes halogenated alkanes) is 1. The van der Waals surface area contributed by atoms with E-state index in [2.05, 4.69) is 5.32 Å². The van der Waals surface area contributed by atoms with Crippen molar-refractivity contribution < 1.29 is 18.0 Å². The van der Waals surface area contributed by atoms with E-state index in [1.54, 1.807) is 22.7 Å². The van der Waals surface area contributed by atoms with Gasteiger partial charge in [0.1, 0.15) is 6.07 Å². The molecular formula is C17H21F3N4OS. The molecule has 1 aliphatic rings. The molecule has 0 bridgehead atoms. The average Bonchev–Trinajstić information content (AvgIpc) is 3.14. The number of anilines is 1. The van der Waals surface area contributed by atoms with E-state index in [0.717, 1.165) is 24.4 Å². The summed E-state index contributed by atoms with van der Waals surface area (Å²) in [4.78, 5) is 13.8. The summed E-state index contributed by atoms with van der Waals surface area (Å²) < 4.78 is 38.0. The standard InChI is InChI=1S/C17H21F3N4OS/c18-17(19,20)13-4-5-15(12(9-13)10-21)23-6-2-1-3-14(22)16(25)24-7-8-26-11-24/h4-5,9,14,23H,1-3,6-8,11,22H2. The van der Waals surface area contributed by atoms with Crippen molar-refractivity contribution in [3.8, 4) is 6.07 Å². The zero-order valence-corrected chi connectivity index (χ0v) is 15.0.